The van der Waals surface area contributed by atoms with Crippen LogP contribution in [0.2, 0.25) is 0 Å². The van der Waals surface area contributed by atoms with Crippen molar-refractivity contribution in [2.45, 2.75) is 13.0 Å². The molecule has 2 aromatic rings. The van der Waals surface area contributed by atoms with Crippen LogP contribution in [-0.4, -0.2) is 40.4 Å². The molecule has 0 atom stereocenters. The van der Waals surface area contributed by atoms with Crippen LogP contribution in [0.25, 0.3) is 0 Å². The molecule has 0 fully saturated rings. The van der Waals surface area contributed by atoms with Gasteiger partial charge in [0.1, 0.15) is 6.61 Å². The van der Waals surface area contributed by atoms with Gasteiger partial charge in [-0.15, -0.1) is 0 Å². The third-order valence-corrected chi connectivity index (χ3v) is 3.15. The number of hydrogen-bond acceptors (Lipinski definition) is 6. The topological polar surface area (TPSA) is 137 Å². The highest BCUT2D eigenvalue weighted by molar-refractivity contribution is 5.89. The summed E-state index contributed by atoms with van der Waals surface area (Å²) in [5.74, 6) is -0.976. The number of carboxylic acid groups (broad SMARTS) is 1. The summed E-state index contributed by atoms with van der Waals surface area (Å²) >= 11 is 0. The van der Waals surface area contributed by atoms with Gasteiger partial charge in [-0.25, -0.2) is 9.59 Å². The van der Waals surface area contributed by atoms with Gasteiger partial charge < -0.3 is 20.2 Å². The Hall–Kier alpha value is -3.20. The van der Waals surface area contributed by atoms with E-state index in [1.54, 1.807) is 12.1 Å². The second-order valence-electron chi connectivity index (χ2n) is 5.14. The van der Waals surface area contributed by atoms with E-state index in [1.807, 2.05) is 0 Å². The molecular weight excluding hydrogens is 328 g/mol. The molecule has 0 bridgehead atoms. The molecule has 0 unspecified atom stereocenters. The zero-order chi connectivity index (χ0) is 18.1. The number of aromatic amines is 2. The largest absolute Gasteiger partial charge is 0.478 e. The predicted octanol–water partition coefficient (Wildman–Crippen LogP) is 0.292. The van der Waals surface area contributed by atoms with Gasteiger partial charge >= 0.3 is 11.7 Å². The van der Waals surface area contributed by atoms with Crippen LogP contribution in [0.4, 0.5) is 0 Å². The summed E-state index contributed by atoms with van der Waals surface area (Å²) in [4.78, 5) is 42.7. The molecule has 1 heterocycles. The number of oxime groups is 1. The van der Waals surface area contributed by atoms with E-state index in [1.165, 1.54) is 24.4 Å². The van der Waals surface area contributed by atoms with E-state index in [9.17, 15) is 14.4 Å². The molecule has 9 nitrogen and oxygen atoms in total. The zero-order valence-electron chi connectivity index (χ0n) is 13.3. The van der Waals surface area contributed by atoms with Gasteiger partial charge in [0.15, 0.2) is 0 Å². The van der Waals surface area contributed by atoms with Crippen molar-refractivity contribution in [3.8, 4) is 0 Å². The minimum absolute atomic E-state index is 0.214. The molecule has 0 radical (unpaired) electrons. The number of nitrogens with zero attached hydrogens (tertiary/aromatic N) is 1. The molecule has 0 saturated carbocycles. The fourth-order valence-corrected chi connectivity index (χ4v) is 1.96. The van der Waals surface area contributed by atoms with Crippen molar-refractivity contribution in [3.63, 3.8) is 0 Å². The van der Waals surface area contributed by atoms with Crippen molar-refractivity contribution in [3.05, 3.63) is 68.0 Å². The summed E-state index contributed by atoms with van der Waals surface area (Å²) in [5, 5.41) is 15.7. The fraction of sp³-hybridized carbons (Fsp3) is 0.250. The Kier molecular flexibility index (Phi) is 6.66. The molecule has 0 amide bonds. The van der Waals surface area contributed by atoms with Crippen molar-refractivity contribution < 1.29 is 14.7 Å². The molecule has 1 aromatic heterocycles. The van der Waals surface area contributed by atoms with Crippen LogP contribution in [0.5, 0.6) is 0 Å². The molecule has 4 N–H and O–H groups in total. The number of benzene rings is 1. The molecule has 2 rings (SSSR count). The molecular formula is C16H18N4O5. The Morgan fingerprint density at radius 1 is 1.24 bits per heavy atom. The molecule has 0 spiro atoms. The first kappa shape index (κ1) is 18.1. The number of aromatic carboxylic acids is 1. The number of H-pyrrole nitrogens is 2. The highest BCUT2D eigenvalue weighted by Gasteiger charge is 2.00. The van der Waals surface area contributed by atoms with Crippen molar-refractivity contribution in [2.75, 3.05) is 13.2 Å². The van der Waals surface area contributed by atoms with Crippen LogP contribution < -0.4 is 16.6 Å². The molecule has 0 aliphatic rings. The minimum atomic E-state index is -0.976. The average Bonchev–Trinajstić information content (AvgIpc) is 2.57. The lowest BCUT2D eigenvalue weighted by molar-refractivity contribution is 0.0697. The van der Waals surface area contributed by atoms with Gasteiger partial charge in [-0.3, -0.25) is 9.78 Å². The lowest BCUT2D eigenvalue weighted by Gasteiger charge is -2.03. The zero-order valence-corrected chi connectivity index (χ0v) is 13.3. The van der Waals surface area contributed by atoms with E-state index in [-0.39, 0.29) is 5.56 Å². The molecule has 1 aromatic carbocycles. The number of carbonyl (C=O) groups is 1. The van der Waals surface area contributed by atoms with Crippen LogP contribution in [0.15, 0.2) is 45.1 Å². The van der Waals surface area contributed by atoms with Gasteiger partial charge in [0.2, 0.25) is 0 Å². The summed E-state index contributed by atoms with van der Waals surface area (Å²) in [6.07, 6.45) is 2.18. The standard InChI is InChI=1S/C16H18N4O5/c21-14-8-13(19-16(24)20-14)10-17-6-1-7-25-18-9-11-2-4-12(5-3-11)15(22)23/h2-5,8-9,17H,1,6-7,10H2,(H,22,23)(H2,19,20,21,24)/b18-9+. The highest BCUT2D eigenvalue weighted by atomic mass is 16.6. The van der Waals surface area contributed by atoms with Crippen LogP contribution in [0, 0.1) is 0 Å². The first-order valence-electron chi connectivity index (χ1n) is 7.56. The second kappa shape index (κ2) is 9.18. The fourth-order valence-electron chi connectivity index (χ4n) is 1.96. The monoisotopic (exact) mass is 346 g/mol. The number of hydrogen-bond donors (Lipinski definition) is 4. The Balaban J connectivity index is 1.62. The quantitative estimate of drug-likeness (QED) is 0.293. The molecule has 0 saturated heterocycles. The summed E-state index contributed by atoms with van der Waals surface area (Å²) < 4.78 is 0. The van der Waals surface area contributed by atoms with Crippen molar-refractivity contribution in [1.29, 1.82) is 0 Å². The highest BCUT2D eigenvalue weighted by Crippen LogP contribution is 2.02. The van der Waals surface area contributed by atoms with Gasteiger partial charge in [0, 0.05) is 18.3 Å². The van der Waals surface area contributed by atoms with E-state index in [0.717, 1.165) is 5.56 Å². The van der Waals surface area contributed by atoms with Gasteiger partial charge in [-0.1, -0.05) is 17.3 Å². The Morgan fingerprint density at radius 2 is 2.00 bits per heavy atom. The third kappa shape index (κ3) is 6.43. The third-order valence-electron chi connectivity index (χ3n) is 3.15. The summed E-state index contributed by atoms with van der Waals surface area (Å²) in [7, 11) is 0. The summed E-state index contributed by atoms with van der Waals surface area (Å²) in [5.41, 5.74) is 0.498. The number of aromatic nitrogens is 2. The second-order valence-corrected chi connectivity index (χ2v) is 5.14. The van der Waals surface area contributed by atoms with Crippen LogP contribution in [0.3, 0.4) is 0 Å². The van der Waals surface area contributed by atoms with Crippen molar-refractivity contribution >= 4 is 12.2 Å². The Morgan fingerprint density at radius 3 is 2.68 bits per heavy atom. The van der Waals surface area contributed by atoms with Gasteiger partial charge in [0.05, 0.1) is 11.8 Å². The lowest BCUT2D eigenvalue weighted by atomic mass is 10.1. The predicted molar refractivity (Wildman–Crippen MR) is 91.0 cm³/mol. The maximum atomic E-state index is 11.1. The lowest BCUT2D eigenvalue weighted by Crippen LogP contribution is -2.26. The van der Waals surface area contributed by atoms with E-state index >= 15 is 0 Å². The summed E-state index contributed by atoms with van der Waals surface area (Å²) in [6, 6.07) is 7.59. The number of rotatable bonds is 9. The normalized spacial score (nSPS) is 10.9. The molecule has 25 heavy (non-hydrogen) atoms. The van der Waals surface area contributed by atoms with Gasteiger partial charge in [-0.05, 0) is 30.7 Å². The van der Waals surface area contributed by atoms with Crippen LogP contribution in [0.1, 0.15) is 28.0 Å². The first-order chi connectivity index (χ1) is 12.0. The van der Waals surface area contributed by atoms with Crippen LogP contribution in [-0.2, 0) is 11.4 Å². The van der Waals surface area contributed by atoms with E-state index < -0.39 is 17.2 Å². The summed E-state index contributed by atoms with van der Waals surface area (Å²) in [6.45, 7) is 1.39. The molecule has 9 heteroatoms. The van der Waals surface area contributed by atoms with E-state index in [0.29, 0.717) is 31.8 Å². The smallest absolute Gasteiger partial charge is 0.335 e. The number of carboxylic acids is 1. The molecule has 0 aliphatic heterocycles. The first-order valence-corrected chi connectivity index (χ1v) is 7.56. The van der Waals surface area contributed by atoms with E-state index in [4.69, 9.17) is 9.94 Å². The Bertz CT molecular complexity index is 810. The van der Waals surface area contributed by atoms with Gasteiger partial charge in [-0.2, -0.15) is 0 Å². The number of nitrogens with one attached hydrogen (secondary N) is 3. The molecule has 0 aliphatic carbocycles. The molecule has 132 valence electrons. The maximum Gasteiger partial charge on any atom is 0.335 e. The minimum Gasteiger partial charge on any atom is -0.478 e. The van der Waals surface area contributed by atoms with Crippen molar-refractivity contribution in [1.82, 2.24) is 15.3 Å². The van der Waals surface area contributed by atoms with Crippen molar-refractivity contribution in [2.24, 2.45) is 5.16 Å². The van der Waals surface area contributed by atoms with Crippen LogP contribution >= 0.6 is 0 Å². The SMILES string of the molecule is O=C(O)c1ccc(/C=N/OCCCNCc2cc(=O)[nH]c(=O)[nH]2)cc1. The average molecular weight is 346 g/mol. The maximum absolute atomic E-state index is 11.1. The van der Waals surface area contributed by atoms with E-state index in [2.05, 4.69) is 20.4 Å². The van der Waals surface area contributed by atoms with Gasteiger partial charge in [0.25, 0.3) is 5.56 Å². The Labute approximate surface area is 142 Å².